The second-order valence-electron chi connectivity index (χ2n) is 5.60. The topological polar surface area (TPSA) is 108 Å². The van der Waals surface area contributed by atoms with Crippen molar-refractivity contribution >= 4 is 40.3 Å². The maximum Gasteiger partial charge on any atom is 0.252 e. The first-order chi connectivity index (χ1) is 13.3. The van der Waals surface area contributed by atoms with Gasteiger partial charge in [-0.05, 0) is 42.1 Å². The normalized spacial score (nSPS) is 10.2. The van der Waals surface area contributed by atoms with E-state index in [0.717, 1.165) is 11.8 Å². The van der Waals surface area contributed by atoms with Gasteiger partial charge < -0.3 is 20.5 Å². The van der Waals surface area contributed by atoms with E-state index in [2.05, 4.69) is 5.32 Å². The molecule has 0 unspecified atom stereocenters. The Bertz CT molecular complexity index is 882. The smallest absolute Gasteiger partial charge is 0.252 e. The van der Waals surface area contributed by atoms with E-state index in [9.17, 15) is 14.4 Å². The summed E-state index contributed by atoms with van der Waals surface area (Å²) in [5.41, 5.74) is 5.65. The molecule has 7 nitrogen and oxygen atoms in total. The standard InChI is InChI=1S/C19H19ClN2O5S/c1-26-13-7-11(8-14(10-13)27-2)19(25)28-16-4-3-12(20)9-15(16)18(24)22-6-5-17(21)23/h3-4,7-10H,5-6H2,1-2H3,(H2,21,23)(H,22,24). The van der Waals surface area contributed by atoms with Crippen molar-refractivity contribution in [2.75, 3.05) is 20.8 Å². The highest BCUT2D eigenvalue weighted by Gasteiger charge is 2.18. The number of rotatable bonds is 8. The highest BCUT2D eigenvalue weighted by molar-refractivity contribution is 8.14. The lowest BCUT2D eigenvalue weighted by Gasteiger charge is -2.11. The average molecular weight is 423 g/mol. The SMILES string of the molecule is COc1cc(OC)cc(C(=O)Sc2ccc(Cl)cc2C(=O)NCCC(N)=O)c1. The molecule has 0 aliphatic rings. The fourth-order valence-corrected chi connectivity index (χ4v) is 3.25. The Morgan fingerprint density at radius 3 is 2.29 bits per heavy atom. The Kier molecular flexibility index (Phi) is 7.71. The molecular formula is C19H19ClN2O5S. The number of benzene rings is 2. The van der Waals surface area contributed by atoms with E-state index in [4.69, 9.17) is 26.8 Å². The van der Waals surface area contributed by atoms with E-state index in [-0.39, 0.29) is 23.6 Å². The number of nitrogens with one attached hydrogen (secondary N) is 1. The second-order valence-corrected chi connectivity index (χ2v) is 7.05. The Labute approximate surface area is 171 Å². The van der Waals surface area contributed by atoms with Crippen LogP contribution in [0.25, 0.3) is 0 Å². The number of methoxy groups -OCH3 is 2. The largest absolute Gasteiger partial charge is 0.497 e. The molecule has 0 spiro atoms. The molecule has 0 bridgehead atoms. The van der Waals surface area contributed by atoms with Crippen LogP contribution in [-0.2, 0) is 4.79 Å². The van der Waals surface area contributed by atoms with Gasteiger partial charge in [0.15, 0.2) is 0 Å². The zero-order chi connectivity index (χ0) is 20.7. The second kappa shape index (κ2) is 10.0. The molecule has 0 aromatic heterocycles. The molecule has 9 heteroatoms. The Hall–Kier alpha value is -2.71. The van der Waals surface area contributed by atoms with Gasteiger partial charge in [-0.25, -0.2) is 0 Å². The molecule has 0 heterocycles. The van der Waals surface area contributed by atoms with Crippen molar-refractivity contribution in [3.8, 4) is 11.5 Å². The molecule has 0 aliphatic carbocycles. The molecule has 148 valence electrons. The third-order valence-electron chi connectivity index (χ3n) is 3.63. The summed E-state index contributed by atoms with van der Waals surface area (Å²) in [6.45, 7) is 0.0891. The summed E-state index contributed by atoms with van der Waals surface area (Å²) in [6.07, 6.45) is 0.0112. The van der Waals surface area contributed by atoms with Crippen molar-refractivity contribution in [3.63, 3.8) is 0 Å². The number of nitrogens with two attached hydrogens (primary N) is 1. The van der Waals surface area contributed by atoms with Gasteiger partial charge in [0.2, 0.25) is 11.0 Å². The van der Waals surface area contributed by atoms with Crippen LogP contribution in [0, 0.1) is 0 Å². The first-order valence-corrected chi connectivity index (χ1v) is 9.34. The van der Waals surface area contributed by atoms with Crippen LogP contribution in [0.2, 0.25) is 5.02 Å². The molecule has 2 aromatic carbocycles. The van der Waals surface area contributed by atoms with Crippen LogP contribution >= 0.6 is 23.4 Å². The van der Waals surface area contributed by atoms with Crippen LogP contribution in [0.1, 0.15) is 27.1 Å². The summed E-state index contributed by atoms with van der Waals surface area (Å²) < 4.78 is 10.4. The van der Waals surface area contributed by atoms with E-state index in [0.29, 0.717) is 27.0 Å². The lowest BCUT2D eigenvalue weighted by Crippen LogP contribution is -2.28. The number of amides is 2. The van der Waals surface area contributed by atoms with Crippen LogP contribution in [-0.4, -0.2) is 37.7 Å². The third-order valence-corrected chi connectivity index (χ3v) is 4.87. The van der Waals surface area contributed by atoms with E-state index in [1.807, 2.05) is 0 Å². The quantitative estimate of drug-likeness (QED) is 0.633. The summed E-state index contributed by atoms with van der Waals surface area (Å²) in [5.74, 6) is -0.0296. The number of carbonyl (C=O) groups is 3. The van der Waals surface area contributed by atoms with Crippen molar-refractivity contribution in [1.82, 2.24) is 5.32 Å². The molecule has 0 atom stereocenters. The number of hydrogen-bond donors (Lipinski definition) is 2. The van der Waals surface area contributed by atoms with Gasteiger partial charge in [0, 0.05) is 34.5 Å². The van der Waals surface area contributed by atoms with Gasteiger partial charge in [-0.15, -0.1) is 0 Å². The van der Waals surface area contributed by atoms with Crippen LogP contribution in [0.5, 0.6) is 11.5 Å². The predicted molar refractivity (Wildman–Crippen MR) is 107 cm³/mol. The zero-order valence-corrected chi connectivity index (χ0v) is 16.9. The minimum absolute atomic E-state index is 0.0112. The van der Waals surface area contributed by atoms with E-state index in [1.165, 1.54) is 20.3 Å². The molecule has 28 heavy (non-hydrogen) atoms. The number of carbonyl (C=O) groups excluding carboxylic acids is 3. The van der Waals surface area contributed by atoms with Crippen molar-refractivity contribution in [2.45, 2.75) is 11.3 Å². The van der Waals surface area contributed by atoms with Crippen molar-refractivity contribution in [1.29, 1.82) is 0 Å². The summed E-state index contributed by atoms with van der Waals surface area (Å²) in [7, 11) is 2.98. The molecule has 3 N–H and O–H groups in total. The first-order valence-electron chi connectivity index (χ1n) is 8.15. The summed E-state index contributed by atoms with van der Waals surface area (Å²) in [4.78, 5) is 36.4. The van der Waals surface area contributed by atoms with Gasteiger partial charge >= 0.3 is 0 Å². The maximum atomic E-state index is 12.7. The number of thioether (sulfide) groups is 1. The lowest BCUT2D eigenvalue weighted by molar-refractivity contribution is -0.117. The van der Waals surface area contributed by atoms with Crippen LogP contribution < -0.4 is 20.5 Å². The van der Waals surface area contributed by atoms with Crippen molar-refractivity contribution in [2.24, 2.45) is 5.73 Å². The summed E-state index contributed by atoms with van der Waals surface area (Å²) in [5, 5.41) is 2.63. The molecule has 2 amide bonds. The van der Waals surface area contributed by atoms with Gasteiger partial charge in [-0.2, -0.15) is 0 Å². The average Bonchev–Trinajstić information content (AvgIpc) is 2.68. The molecule has 0 aliphatic heterocycles. The number of halogens is 1. The van der Waals surface area contributed by atoms with E-state index in [1.54, 1.807) is 30.3 Å². The third kappa shape index (κ3) is 5.90. The highest BCUT2D eigenvalue weighted by atomic mass is 35.5. The van der Waals surface area contributed by atoms with Crippen molar-refractivity contribution < 1.29 is 23.9 Å². The zero-order valence-electron chi connectivity index (χ0n) is 15.3. The molecule has 2 aromatic rings. The lowest BCUT2D eigenvalue weighted by atomic mass is 10.2. The molecule has 2 rings (SSSR count). The van der Waals surface area contributed by atoms with Gasteiger partial charge in [-0.1, -0.05) is 11.6 Å². The number of primary amides is 1. The van der Waals surface area contributed by atoms with Gasteiger partial charge in [-0.3, -0.25) is 14.4 Å². The van der Waals surface area contributed by atoms with E-state index >= 15 is 0 Å². The Balaban J connectivity index is 2.25. The van der Waals surface area contributed by atoms with Gasteiger partial charge in [0.1, 0.15) is 11.5 Å². The molecular weight excluding hydrogens is 404 g/mol. The number of ether oxygens (including phenoxy) is 2. The molecule has 0 radical (unpaired) electrons. The van der Waals surface area contributed by atoms with Crippen LogP contribution in [0.3, 0.4) is 0 Å². The van der Waals surface area contributed by atoms with Gasteiger partial charge in [0.25, 0.3) is 5.91 Å². The van der Waals surface area contributed by atoms with Crippen LogP contribution in [0.15, 0.2) is 41.3 Å². The Morgan fingerprint density at radius 1 is 1.07 bits per heavy atom. The maximum absolute atomic E-state index is 12.7. The minimum Gasteiger partial charge on any atom is -0.497 e. The molecule has 0 fully saturated rings. The van der Waals surface area contributed by atoms with Crippen molar-refractivity contribution in [3.05, 3.63) is 52.5 Å². The Morgan fingerprint density at radius 2 is 1.71 bits per heavy atom. The van der Waals surface area contributed by atoms with Crippen LogP contribution in [0.4, 0.5) is 0 Å². The fourth-order valence-electron chi connectivity index (χ4n) is 2.25. The summed E-state index contributed by atoms with van der Waals surface area (Å²) in [6, 6.07) is 9.46. The summed E-state index contributed by atoms with van der Waals surface area (Å²) >= 11 is 6.87. The van der Waals surface area contributed by atoms with E-state index < -0.39 is 11.8 Å². The molecule has 0 saturated carbocycles. The van der Waals surface area contributed by atoms with Gasteiger partial charge in [0.05, 0.1) is 19.8 Å². The fraction of sp³-hybridized carbons (Fsp3) is 0.211. The highest BCUT2D eigenvalue weighted by Crippen LogP contribution is 2.31. The monoisotopic (exact) mass is 422 g/mol. The number of hydrogen-bond acceptors (Lipinski definition) is 6. The molecule has 0 saturated heterocycles. The predicted octanol–water partition coefficient (Wildman–Crippen LogP) is 2.89. The first kappa shape index (κ1) is 21.6. The minimum atomic E-state index is -0.525.